The first-order chi connectivity index (χ1) is 20.6. The average molecular weight is 631 g/mol. The zero-order valence-corrected chi connectivity index (χ0v) is 24.3. The van der Waals surface area contributed by atoms with Crippen LogP contribution in [0.5, 0.6) is 5.75 Å². The van der Waals surface area contributed by atoms with Gasteiger partial charge in [0.15, 0.2) is 6.61 Å². The summed E-state index contributed by atoms with van der Waals surface area (Å²) in [4.78, 5) is 56.3. The van der Waals surface area contributed by atoms with Crippen LogP contribution in [-0.4, -0.2) is 41.2 Å². The summed E-state index contributed by atoms with van der Waals surface area (Å²) in [6, 6.07) is 11.6. The Kier molecular flexibility index (Phi) is 6.73. The maximum absolute atomic E-state index is 13.8. The van der Waals surface area contributed by atoms with Crippen LogP contribution in [0.25, 0.3) is 0 Å². The number of thioether (sulfide) groups is 1. The number of thiazole rings is 1. The average Bonchev–Trinajstić information content (AvgIpc) is 3.71. The van der Waals surface area contributed by atoms with Crippen molar-refractivity contribution in [2.24, 2.45) is 29.6 Å². The number of amides is 2. The van der Waals surface area contributed by atoms with Crippen molar-refractivity contribution < 1.29 is 37.0 Å². The van der Waals surface area contributed by atoms with Crippen LogP contribution >= 0.6 is 23.1 Å². The SMILES string of the molecule is CCOC(=O)COc1ccc([C@H]2c3sc(=O)[nH]c3SC3C2[C@H]2C[C@@H]3C3C(=O)N(c4cccc(C(F)(F)F)c4)C(=O)C32)cc1. The summed E-state index contributed by atoms with van der Waals surface area (Å²) in [5, 5.41) is 0.687. The third-order valence-electron chi connectivity index (χ3n) is 9.06. The molecular formula is C30H25F3N2O6S2. The van der Waals surface area contributed by atoms with Crippen LogP contribution in [0.4, 0.5) is 18.9 Å². The summed E-state index contributed by atoms with van der Waals surface area (Å²) in [5.74, 6) is -2.82. The maximum Gasteiger partial charge on any atom is 0.416 e. The molecular weight excluding hydrogens is 605 g/mol. The van der Waals surface area contributed by atoms with Crippen molar-refractivity contribution >= 4 is 46.6 Å². The third kappa shape index (κ3) is 4.50. The topological polar surface area (TPSA) is 106 Å². The number of H-pyrrole nitrogens is 1. The molecule has 8 nitrogen and oxygen atoms in total. The monoisotopic (exact) mass is 630 g/mol. The van der Waals surface area contributed by atoms with Crippen molar-refractivity contribution in [3.8, 4) is 5.75 Å². The quantitative estimate of drug-likeness (QED) is 0.299. The Labute approximate surface area is 251 Å². The van der Waals surface area contributed by atoms with Crippen molar-refractivity contribution in [2.45, 2.75) is 35.7 Å². The minimum atomic E-state index is -4.61. The molecule has 3 heterocycles. The second-order valence-corrected chi connectivity index (χ2v) is 13.4. The largest absolute Gasteiger partial charge is 0.482 e. The number of aromatic amines is 1. The van der Waals surface area contributed by atoms with Crippen LogP contribution in [0.3, 0.4) is 0 Å². The minimum Gasteiger partial charge on any atom is -0.482 e. The number of halogens is 3. The van der Waals surface area contributed by atoms with Gasteiger partial charge in [0.25, 0.3) is 0 Å². The Morgan fingerprint density at radius 3 is 2.47 bits per heavy atom. The maximum atomic E-state index is 13.8. The first-order valence-electron chi connectivity index (χ1n) is 13.9. The third-order valence-corrected chi connectivity index (χ3v) is 11.6. The summed E-state index contributed by atoms with van der Waals surface area (Å²) in [7, 11) is 0. The highest BCUT2D eigenvalue weighted by molar-refractivity contribution is 8.00. The number of hydrogen-bond acceptors (Lipinski definition) is 8. The first kappa shape index (κ1) is 28.2. The molecule has 7 rings (SSSR count). The molecule has 3 fully saturated rings. The van der Waals surface area contributed by atoms with E-state index in [1.54, 1.807) is 19.1 Å². The fourth-order valence-corrected chi connectivity index (χ4v) is 10.5. The molecule has 13 heteroatoms. The van der Waals surface area contributed by atoms with Gasteiger partial charge in [-0.05, 0) is 67.0 Å². The molecule has 2 aliphatic carbocycles. The smallest absolute Gasteiger partial charge is 0.416 e. The van der Waals surface area contributed by atoms with Crippen molar-refractivity contribution in [1.29, 1.82) is 0 Å². The van der Waals surface area contributed by atoms with E-state index >= 15 is 0 Å². The van der Waals surface area contributed by atoms with E-state index in [9.17, 15) is 32.3 Å². The van der Waals surface area contributed by atoms with E-state index in [4.69, 9.17) is 9.47 Å². The van der Waals surface area contributed by atoms with E-state index in [1.165, 1.54) is 23.9 Å². The van der Waals surface area contributed by atoms with Gasteiger partial charge in [0, 0.05) is 16.0 Å². The molecule has 1 saturated heterocycles. The number of alkyl halides is 3. The van der Waals surface area contributed by atoms with E-state index in [1.807, 2.05) is 12.1 Å². The Bertz CT molecular complexity index is 1690. The highest BCUT2D eigenvalue weighted by Gasteiger charge is 2.69. The van der Waals surface area contributed by atoms with Gasteiger partial charge in [0.05, 0.1) is 34.7 Å². The second kappa shape index (κ2) is 10.3. The van der Waals surface area contributed by atoms with Gasteiger partial charge in [-0.1, -0.05) is 29.5 Å². The van der Waals surface area contributed by atoms with E-state index < -0.39 is 41.4 Å². The highest BCUT2D eigenvalue weighted by Crippen LogP contribution is 2.68. The molecule has 3 aromatic rings. The number of aromatic nitrogens is 1. The number of carbonyl (C=O) groups is 3. The second-order valence-electron chi connectivity index (χ2n) is 11.2. The van der Waals surface area contributed by atoms with Crippen molar-refractivity contribution in [2.75, 3.05) is 18.1 Å². The van der Waals surface area contributed by atoms with Crippen LogP contribution in [0, 0.1) is 29.6 Å². The fourth-order valence-electron chi connectivity index (χ4n) is 7.58. The summed E-state index contributed by atoms with van der Waals surface area (Å²) < 4.78 is 50.8. The van der Waals surface area contributed by atoms with Gasteiger partial charge < -0.3 is 14.5 Å². The zero-order valence-electron chi connectivity index (χ0n) is 22.6. The van der Waals surface area contributed by atoms with Gasteiger partial charge >= 0.3 is 17.0 Å². The molecule has 0 spiro atoms. The Balaban J connectivity index is 1.21. The number of benzene rings is 2. The standard InChI is InChI=1S/C30H25F3N2O6S2/c1-2-40-19(36)12-41-16-8-6-13(7-9-16)20-21-17-11-18(24(21)42-26-25(20)43-29(39)34-26)23-22(17)27(37)35(28(23)38)15-5-3-4-14(10-15)30(31,32)33/h3-10,17-18,20-24H,2,11-12H2,1H3,(H,34,39)/t17-,18-,20-,21?,22?,23?,24?/m1/s1. The van der Waals surface area contributed by atoms with Gasteiger partial charge in [-0.25, -0.2) is 4.79 Å². The number of ether oxygens (including phenoxy) is 2. The first-order valence-corrected chi connectivity index (χ1v) is 15.6. The normalized spacial score (nSPS) is 28.9. The number of esters is 1. The Morgan fingerprint density at radius 2 is 1.77 bits per heavy atom. The van der Waals surface area contributed by atoms with Crippen molar-refractivity contribution in [1.82, 2.24) is 4.98 Å². The molecule has 224 valence electrons. The van der Waals surface area contributed by atoms with Gasteiger partial charge in [-0.2, -0.15) is 13.2 Å². The number of carbonyl (C=O) groups excluding carboxylic acids is 3. The van der Waals surface area contributed by atoms with E-state index in [2.05, 4.69) is 4.98 Å². The fraction of sp³-hybridized carbons (Fsp3) is 0.400. The van der Waals surface area contributed by atoms with Gasteiger partial charge in [-0.15, -0.1) is 11.8 Å². The summed E-state index contributed by atoms with van der Waals surface area (Å²) in [6.07, 6.45) is -3.95. The van der Waals surface area contributed by atoms with Gasteiger partial charge in [0.2, 0.25) is 11.8 Å². The number of nitrogens with one attached hydrogen (secondary N) is 1. The molecule has 7 atom stereocenters. The molecule has 2 amide bonds. The number of rotatable bonds is 6. The number of nitrogens with zero attached hydrogens (tertiary/aromatic N) is 1. The lowest BCUT2D eigenvalue weighted by Gasteiger charge is -2.43. The van der Waals surface area contributed by atoms with E-state index in [0.29, 0.717) is 12.2 Å². The zero-order chi connectivity index (χ0) is 30.2. The van der Waals surface area contributed by atoms with Gasteiger partial charge in [0.1, 0.15) is 5.75 Å². The number of imide groups is 1. The van der Waals surface area contributed by atoms with Crippen LogP contribution in [-0.2, 0) is 25.3 Å². The molecule has 2 bridgehead atoms. The van der Waals surface area contributed by atoms with Crippen LogP contribution in [0.1, 0.15) is 35.3 Å². The van der Waals surface area contributed by atoms with Gasteiger partial charge in [-0.3, -0.25) is 19.3 Å². The van der Waals surface area contributed by atoms with Crippen LogP contribution < -0.4 is 14.5 Å². The lowest BCUT2D eigenvalue weighted by molar-refractivity contribution is -0.145. The predicted molar refractivity (Wildman–Crippen MR) is 151 cm³/mol. The van der Waals surface area contributed by atoms with Crippen LogP contribution in [0.15, 0.2) is 58.4 Å². The lowest BCUT2D eigenvalue weighted by atomic mass is 9.68. The lowest BCUT2D eigenvalue weighted by Crippen LogP contribution is -2.42. The number of hydrogen-bond donors (Lipinski definition) is 1. The molecule has 0 radical (unpaired) electrons. The Hall–Kier alpha value is -3.58. The van der Waals surface area contributed by atoms with Crippen molar-refractivity contribution in [3.05, 3.63) is 74.2 Å². The molecule has 4 aliphatic rings. The van der Waals surface area contributed by atoms with E-state index in [-0.39, 0.29) is 52.7 Å². The summed E-state index contributed by atoms with van der Waals surface area (Å²) >= 11 is 2.66. The Morgan fingerprint density at radius 1 is 1.05 bits per heavy atom. The number of anilines is 1. The van der Waals surface area contributed by atoms with E-state index in [0.717, 1.165) is 43.8 Å². The van der Waals surface area contributed by atoms with Crippen molar-refractivity contribution in [3.63, 3.8) is 0 Å². The van der Waals surface area contributed by atoms with Crippen LogP contribution in [0.2, 0.25) is 0 Å². The molecule has 2 aromatic carbocycles. The number of fused-ring (bicyclic) bond motifs is 9. The highest BCUT2D eigenvalue weighted by atomic mass is 32.2. The summed E-state index contributed by atoms with van der Waals surface area (Å²) in [6.45, 7) is 1.73. The molecule has 2 saturated carbocycles. The minimum absolute atomic E-state index is 0.0624. The predicted octanol–water partition coefficient (Wildman–Crippen LogP) is 5.08. The molecule has 2 aliphatic heterocycles. The molecule has 1 aromatic heterocycles. The molecule has 1 N–H and O–H groups in total. The molecule has 43 heavy (non-hydrogen) atoms. The summed E-state index contributed by atoms with van der Waals surface area (Å²) in [5.41, 5.74) is -0.0727. The molecule has 4 unspecified atom stereocenters.